The van der Waals surface area contributed by atoms with Gasteiger partial charge in [0.15, 0.2) is 0 Å². The third-order valence-electron chi connectivity index (χ3n) is 4.71. The Morgan fingerprint density at radius 2 is 1.78 bits per heavy atom. The number of benzene rings is 2. The fourth-order valence-electron chi connectivity index (χ4n) is 3.13. The van der Waals surface area contributed by atoms with E-state index in [-0.39, 0.29) is 10.6 Å². The molecule has 0 aromatic heterocycles. The lowest BCUT2D eigenvalue weighted by atomic mass is 10.2. The molecule has 3 rings (SSSR count). The van der Waals surface area contributed by atoms with Gasteiger partial charge in [-0.1, -0.05) is 25.1 Å². The van der Waals surface area contributed by atoms with Crippen LogP contribution in [0.4, 0.5) is 11.4 Å². The summed E-state index contributed by atoms with van der Waals surface area (Å²) < 4.78 is 54.4. The monoisotopic (exact) mass is 408 g/mol. The van der Waals surface area contributed by atoms with E-state index in [1.807, 2.05) is 19.1 Å². The molecule has 1 aliphatic heterocycles. The van der Waals surface area contributed by atoms with Crippen molar-refractivity contribution in [1.82, 2.24) is 0 Å². The highest BCUT2D eigenvalue weighted by atomic mass is 32.2. The van der Waals surface area contributed by atoms with Gasteiger partial charge in [-0.05, 0) is 61.6 Å². The molecule has 1 heterocycles. The minimum absolute atomic E-state index is 0.0836. The van der Waals surface area contributed by atoms with Crippen LogP contribution in [-0.4, -0.2) is 29.1 Å². The molecule has 0 radical (unpaired) electrons. The Kier molecular flexibility index (Phi) is 5.48. The molecule has 1 fully saturated rings. The number of hydrogen-bond acceptors (Lipinski definition) is 4. The fourth-order valence-corrected chi connectivity index (χ4v) is 6.09. The molecule has 0 spiro atoms. The predicted molar refractivity (Wildman–Crippen MR) is 108 cm³/mol. The van der Waals surface area contributed by atoms with Crippen LogP contribution in [0.5, 0.6) is 0 Å². The Morgan fingerprint density at radius 1 is 1.07 bits per heavy atom. The highest BCUT2D eigenvalue weighted by Crippen LogP contribution is 2.29. The maximum absolute atomic E-state index is 12.9. The second-order valence-electron chi connectivity index (χ2n) is 6.70. The molecule has 6 nitrogen and oxygen atoms in total. The van der Waals surface area contributed by atoms with E-state index in [1.54, 1.807) is 31.2 Å². The molecule has 27 heavy (non-hydrogen) atoms. The summed E-state index contributed by atoms with van der Waals surface area (Å²) in [4.78, 5) is 0.0836. The molecule has 2 aromatic carbocycles. The van der Waals surface area contributed by atoms with Crippen molar-refractivity contribution in [2.24, 2.45) is 0 Å². The zero-order chi connectivity index (χ0) is 19.7. The van der Waals surface area contributed by atoms with Gasteiger partial charge in [0.25, 0.3) is 10.0 Å². The van der Waals surface area contributed by atoms with Crippen molar-refractivity contribution in [3.63, 3.8) is 0 Å². The quantitative estimate of drug-likeness (QED) is 0.823. The third kappa shape index (κ3) is 4.27. The number of hydrogen-bond donors (Lipinski definition) is 1. The van der Waals surface area contributed by atoms with E-state index in [2.05, 4.69) is 4.72 Å². The molecule has 0 atom stereocenters. The maximum atomic E-state index is 12.9. The van der Waals surface area contributed by atoms with Gasteiger partial charge in [0.1, 0.15) is 0 Å². The molecule has 146 valence electrons. The van der Waals surface area contributed by atoms with Gasteiger partial charge in [-0.2, -0.15) is 0 Å². The molecule has 8 heteroatoms. The Bertz CT molecular complexity index is 1030. The van der Waals surface area contributed by atoms with Gasteiger partial charge in [-0.15, -0.1) is 0 Å². The summed E-state index contributed by atoms with van der Waals surface area (Å²) in [5.74, 6) is 0.0883. The summed E-state index contributed by atoms with van der Waals surface area (Å²) in [6.45, 7) is 4.10. The van der Waals surface area contributed by atoms with Crippen LogP contribution >= 0.6 is 0 Å². The highest BCUT2D eigenvalue weighted by Gasteiger charge is 2.27. The SMILES string of the molecule is CCc1ccc(NS(=O)(=O)c2cc(N3CCCCS3(=O)=O)ccc2C)cc1. The van der Waals surface area contributed by atoms with Crippen molar-refractivity contribution in [2.45, 2.75) is 38.0 Å². The molecule has 1 aliphatic rings. The van der Waals surface area contributed by atoms with Crippen LogP contribution in [0, 0.1) is 6.92 Å². The van der Waals surface area contributed by atoms with Gasteiger partial charge < -0.3 is 0 Å². The lowest BCUT2D eigenvalue weighted by Crippen LogP contribution is -2.38. The first kappa shape index (κ1) is 19.7. The standard InChI is InChI=1S/C19H24N2O4S2/c1-3-16-7-9-17(10-8-16)20-27(24,25)19-14-18(11-6-15(19)2)21-12-4-5-13-26(21,22)23/h6-11,14,20H,3-5,12-13H2,1-2H3. The lowest BCUT2D eigenvalue weighted by Gasteiger charge is -2.28. The number of aryl methyl sites for hydroxylation is 2. The Balaban J connectivity index is 1.95. The van der Waals surface area contributed by atoms with E-state index in [4.69, 9.17) is 0 Å². The van der Waals surface area contributed by atoms with Crippen molar-refractivity contribution < 1.29 is 16.8 Å². The topological polar surface area (TPSA) is 83.6 Å². The van der Waals surface area contributed by atoms with Crippen LogP contribution in [0.15, 0.2) is 47.4 Å². The van der Waals surface area contributed by atoms with Crippen molar-refractivity contribution in [1.29, 1.82) is 0 Å². The van der Waals surface area contributed by atoms with Gasteiger partial charge in [0, 0.05) is 12.2 Å². The second-order valence-corrected chi connectivity index (χ2v) is 10.4. The number of anilines is 2. The van der Waals surface area contributed by atoms with E-state index < -0.39 is 20.0 Å². The Hall–Kier alpha value is -2.06. The summed E-state index contributed by atoms with van der Waals surface area (Å²) in [5.41, 5.74) is 2.54. The van der Waals surface area contributed by atoms with Gasteiger partial charge in [-0.25, -0.2) is 16.8 Å². The van der Waals surface area contributed by atoms with Crippen LogP contribution in [-0.2, 0) is 26.5 Å². The number of nitrogens with one attached hydrogen (secondary N) is 1. The van der Waals surface area contributed by atoms with Crippen molar-refractivity contribution in [2.75, 3.05) is 21.3 Å². The van der Waals surface area contributed by atoms with Crippen LogP contribution < -0.4 is 9.03 Å². The molecule has 0 bridgehead atoms. The van der Waals surface area contributed by atoms with Gasteiger partial charge >= 0.3 is 0 Å². The van der Waals surface area contributed by atoms with E-state index in [0.29, 0.717) is 29.9 Å². The molecular formula is C19H24N2O4S2. The minimum atomic E-state index is -3.83. The average molecular weight is 409 g/mol. The van der Waals surface area contributed by atoms with Crippen molar-refractivity contribution in [3.05, 3.63) is 53.6 Å². The van der Waals surface area contributed by atoms with Crippen molar-refractivity contribution in [3.8, 4) is 0 Å². The van der Waals surface area contributed by atoms with Crippen LogP contribution in [0.1, 0.15) is 30.9 Å². The van der Waals surface area contributed by atoms with E-state index >= 15 is 0 Å². The van der Waals surface area contributed by atoms with Crippen molar-refractivity contribution >= 4 is 31.4 Å². The molecule has 0 amide bonds. The molecule has 1 N–H and O–H groups in total. The molecule has 2 aromatic rings. The number of sulfonamides is 2. The Labute approximate surface area is 161 Å². The predicted octanol–water partition coefficient (Wildman–Crippen LogP) is 3.29. The van der Waals surface area contributed by atoms with Gasteiger partial charge in [0.05, 0.1) is 16.3 Å². The van der Waals surface area contributed by atoms with E-state index in [0.717, 1.165) is 18.4 Å². The summed E-state index contributed by atoms with van der Waals surface area (Å²) in [7, 11) is -7.23. The molecule has 1 saturated heterocycles. The third-order valence-corrected chi connectivity index (χ3v) is 8.11. The van der Waals surface area contributed by atoms with E-state index in [1.165, 1.54) is 10.4 Å². The minimum Gasteiger partial charge on any atom is -0.280 e. The molecular weight excluding hydrogens is 384 g/mol. The summed E-state index contributed by atoms with van der Waals surface area (Å²) in [5, 5.41) is 0. The first-order valence-electron chi connectivity index (χ1n) is 8.96. The first-order valence-corrected chi connectivity index (χ1v) is 12.0. The van der Waals surface area contributed by atoms with Crippen LogP contribution in [0.2, 0.25) is 0 Å². The molecule has 0 saturated carbocycles. The number of nitrogens with zero attached hydrogens (tertiary/aromatic N) is 1. The first-order chi connectivity index (χ1) is 12.7. The zero-order valence-electron chi connectivity index (χ0n) is 15.5. The normalized spacial score (nSPS) is 16.9. The van der Waals surface area contributed by atoms with E-state index in [9.17, 15) is 16.8 Å². The number of rotatable bonds is 5. The van der Waals surface area contributed by atoms with Gasteiger partial charge in [0.2, 0.25) is 10.0 Å². The highest BCUT2D eigenvalue weighted by molar-refractivity contribution is 7.93. The average Bonchev–Trinajstić information content (AvgIpc) is 2.62. The zero-order valence-corrected chi connectivity index (χ0v) is 17.1. The van der Waals surface area contributed by atoms with Crippen LogP contribution in [0.25, 0.3) is 0 Å². The van der Waals surface area contributed by atoms with Gasteiger partial charge in [-0.3, -0.25) is 9.03 Å². The molecule has 0 aliphatic carbocycles. The summed E-state index contributed by atoms with van der Waals surface area (Å²) >= 11 is 0. The maximum Gasteiger partial charge on any atom is 0.262 e. The lowest BCUT2D eigenvalue weighted by molar-refractivity contribution is 0.574. The second kappa shape index (κ2) is 7.52. The van der Waals surface area contributed by atoms with Crippen LogP contribution in [0.3, 0.4) is 0 Å². The summed E-state index contributed by atoms with van der Waals surface area (Å²) in [6.07, 6.45) is 2.26. The smallest absolute Gasteiger partial charge is 0.262 e. The summed E-state index contributed by atoms with van der Waals surface area (Å²) in [6, 6.07) is 12.0. The Morgan fingerprint density at radius 3 is 2.41 bits per heavy atom. The fraction of sp³-hybridized carbons (Fsp3) is 0.368. The largest absolute Gasteiger partial charge is 0.280 e. The molecule has 0 unspecified atom stereocenters.